The van der Waals surface area contributed by atoms with Crippen LogP contribution in [-0.2, 0) is 6.54 Å². The molecule has 0 radical (unpaired) electrons. The van der Waals surface area contributed by atoms with Gasteiger partial charge in [0.05, 0.1) is 0 Å². The lowest BCUT2D eigenvalue weighted by Crippen LogP contribution is -2.16. The summed E-state index contributed by atoms with van der Waals surface area (Å²) in [6, 6.07) is 9.90. The summed E-state index contributed by atoms with van der Waals surface area (Å²) in [5.41, 5.74) is 1.50. The molecule has 3 nitrogen and oxygen atoms in total. The zero-order chi connectivity index (χ0) is 14.8. The fourth-order valence-corrected chi connectivity index (χ4v) is 3.57. The van der Waals surface area contributed by atoms with Gasteiger partial charge in [0.2, 0.25) is 0 Å². The molecular weight excluding hydrogens is 348 g/mol. The number of benzene rings is 1. The van der Waals surface area contributed by atoms with Gasteiger partial charge in [0.1, 0.15) is 5.69 Å². The summed E-state index contributed by atoms with van der Waals surface area (Å²) in [6.45, 7) is 2.93. The number of amides is 1. The van der Waals surface area contributed by atoms with E-state index in [2.05, 4.69) is 39.6 Å². The fourth-order valence-electron chi connectivity index (χ4n) is 2.33. The molecule has 0 fully saturated rings. The lowest BCUT2D eigenvalue weighted by molar-refractivity contribution is 0.101. The molecule has 1 amide bonds. The van der Waals surface area contributed by atoms with Crippen molar-refractivity contribution in [1.29, 1.82) is 0 Å². The molecule has 0 bridgehead atoms. The van der Waals surface area contributed by atoms with Gasteiger partial charge in [0.15, 0.2) is 0 Å². The third-order valence-electron chi connectivity index (χ3n) is 3.27. The van der Waals surface area contributed by atoms with E-state index in [1.807, 2.05) is 35.0 Å². The minimum absolute atomic E-state index is 0.0799. The molecule has 2 heterocycles. The molecule has 0 spiro atoms. The first-order valence-electron chi connectivity index (χ1n) is 6.81. The van der Waals surface area contributed by atoms with Crippen molar-refractivity contribution in [2.75, 3.05) is 5.32 Å². The maximum absolute atomic E-state index is 12.4. The van der Waals surface area contributed by atoms with Gasteiger partial charge in [0, 0.05) is 27.6 Å². The molecule has 0 unspecified atom stereocenters. The standard InChI is InChI=1S/C16H15BrN2OS/c1-2-6-19-10-12(17)9-14(19)16(20)18-13-3-4-15-11(8-13)5-7-21-15/h3-5,7-10H,2,6H2,1H3,(H,18,20). The minimum atomic E-state index is -0.0799. The van der Waals surface area contributed by atoms with Crippen LogP contribution in [0.5, 0.6) is 0 Å². The molecule has 1 aromatic carbocycles. The van der Waals surface area contributed by atoms with Crippen molar-refractivity contribution in [3.63, 3.8) is 0 Å². The van der Waals surface area contributed by atoms with Crippen LogP contribution in [0.2, 0.25) is 0 Å². The number of thiophene rings is 1. The molecule has 0 atom stereocenters. The Morgan fingerprint density at radius 1 is 1.33 bits per heavy atom. The van der Waals surface area contributed by atoms with Crippen LogP contribution < -0.4 is 5.32 Å². The van der Waals surface area contributed by atoms with Crippen LogP contribution >= 0.6 is 27.3 Å². The first-order valence-corrected chi connectivity index (χ1v) is 8.49. The summed E-state index contributed by atoms with van der Waals surface area (Å²) in [4.78, 5) is 12.4. The van der Waals surface area contributed by atoms with Crippen molar-refractivity contribution in [2.45, 2.75) is 19.9 Å². The average Bonchev–Trinajstić information content (AvgIpc) is 3.05. The molecule has 0 aliphatic rings. The zero-order valence-electron chi connectivity index (χ0n) is 11.6. The highest BCUT2D eigenvalue weighted by atomic mass is 79.9. The summed E-state index contributed by atoms with van der Waals surface area (Å²) < 4.78 is 4.13. The van der Waals surface area contributed by atoms with E-state index >= 15 is 0 Å². The Bertz CT molecular complexity index is 791. The summed E-state index contributed by atoms with van der Waals surface area (Å²) in [5, 5.41) is 6.19. The van der Waals surface area contributed by atoms with Gasteiger partial charge in [-0.25, -0.2) is 0 Å². The Balaban J connectivity index is 1.85. The number of aryl methyl sites for hydroxylation is 1. The van der Waals surface area contributed by atoms with Gasteiger partial charge in [-0.3, -0.25) is 4.79 Å². The number of carbonyl (C=O) groups excluding carboxylic acids is 1. The van der Waals surface area contributed by atoms with E-state index in [0.717, 1.165) is 28.5 Å². The quantitative estimate of drug-likeness (QED) is 0.685. The molecule has 0 aliphatic carbocycles. The summed E-state index contributed by atoms with van der Waals surface area (Å²) in [7, 11) is 0. The van der Waals surface area contributed by atoms with Crippen LogP contribution in [0.4, 0.5) is 5.69 Å². The molecule has 2 aromatic heterocycles. The van der Waals surface area contributed by atoms with Crippen LogP contribution in [0.1, 0.15) is 23.8 Å². The molecule has 21 heavy (non-hydrogen) atoms. The molecule has 108 valence electrons. The molecule has 3 rings (SSSR count). The van der Waals surface area contributed by atoms with Crippen LogP contribution in [0.25, 0.3) is 10.1 Å². The molecule has 3 aromatic rings. The number of halogens is 1. The monoisotopic (exact) mass is 362 g/mol. The van der Waals surface area contributed by atoms with Gasteiger partial charge in [-0.05, 0) is 63.4 Å². The van der Waals surface area contributed by atoms with Crippen LogP contribution in [0.3, 0.4) is 0 Å². The lowest BCUT2D eigenvalue weighted by atomic mass is 10.2. The van der Waals surface area contributed by atoms with E-state index in [0.29, 0.717) is 5.69 Å². The van der Waals surface area contributed by atoms with Crippen molar-refractivity contribution < 1.29 is 4.79 Å². The van der Waals surface area contributed by atoms with E-state index < -0.39 is 0 Å². The van der Waals surface area contributed by atoms with E-state index in [4.69, 9.17) is 0 Å². The van der Waals surface area contributed by atoms with E-state index in [1.54, 1.807) is 11.3 Å². The van der Waals surface area contributed by atoms with Crippen LogP contribution in [-0.4, -0.2) is 10.5 Å². The Kier molecular flexibility index (Phi) is 4.12. The number of rotatable bonds is 4. The first-order chi connectivity index (χ1) is 10.2. The highest BCUT2D eigenvalue weighted by molar-refractivity contribution is 9.10. The minimum Gasteiger partial charge on any atom is -0.342 e. The fraction of sp³-hybridized carbons (Fsp3) is 0.188. The maximum Gasteiger partial charge on any atom is 0.272 e. The predicted octanol–water partition coefficient (Wildman–Crippen LogP) is 5.13. The second-order valence-electron chi connectivity index (χ2n) is 4.86. The van der Waals surface area contributed by atoms with Crippen molar-refractivity contribution >= 4 is 48.9 Å². The number of anilines is 1. The van der Waals surface area contributed by atoms with Crippen LogP contribution in [0.15, 0.2) is 46.4 Å². The largest absolute Gasteiger partial charge is 0.342 e. The lowest BCUT2D eigenvalue weighted by Gasteiger charge is -2.08. The molecule has 1 N–H and O–H groups in total. The summed E-state index contributed by atoms with van der Waals surface area (Å²) >= 11 is 5.14. The molecule has 5 heteroatoms. The van der Waals surface area contributed by atoms with Gasteiger partial charge in [0.25, 0.3) is 5.91 Å². The summed E-state index contributed by atoms with van der Waals surface area (Å²) in [5.74, 6) is -0.0799. The third kappa shape index (κ3) is 3.04. The smallest absolute Gasteiger partial charge is 0.272 e. The normalized spacial score (nSPS) is 11.0. The highest BCUT2D eigenvalue weighted by Gasteiger charge is 2.13. The zero-order valence-corrected chi connectivity index (χ0v) is 14.0. The molecular formula is C16H15BrN2OS. The Labute approximate surface area is 135 Å². The maximum atomic E-state index is 12.4. The molecule has 0 saturated carbocycles. The third-order valence-corrected chi connectivity index (χ3v) is 4.60. The van der Waals surface area contributed by atoms with Gasteiger partial charge < -0.3 is 9.88 Å². The number of fused-ring (bicyclic) bond motifs is 1. The number of aromatic nitrogens is 1. The average molecular weight is 363 g/mol. The summed E-state index contributed by atoms with van der Waals surface area (Å²) in [6.07, 6.45) is 2.93. The van der Waals surface area contributed by atoms with E-state index in [-0.39, 0.29) is 5.91 Å². The van der Waals surface area contributed by atoms with Crippen molar-refractivity contribution in [2.24, 2.45) is 0 Å². The van der Waals surface area contributed by atoms with Gasteiger partial charge in [-0.1, -0.05) is 6.92 Å². The van der Waals surface area contributed by atoms with E-state index in [1.165, 1.54) is 4.70 Å². The first kappa shape index (κ1) is 14.4. The van der Waals surface area contributed by atoms with E-state index in [9.17, 15) is 4.79 Å². The Morgan fingerprint density at radius 3 is 3.00 bits per heavy atom. The Hall–Kier alpha value is -1.59. The van der Waals surface area contributed by atoms with Gasteiger partial charge >= 0.3 is 0 Å². The number of nitrogens with one attached hydrogen (secondary N) is 1. The predicted molar refractivity (Wildman–Crippen MR) is 92.2 cm³/mol. The Morgan fingerprint density at radius 2 is 2.19 bits per heavy atom. The number of hydrogen-bond acceptors (Lipinski definition) is 2. The van der Waals surface area contributed by atoms with Crippen molar-refractivity contribution in [1.82, 2.24) is 4.57 Å². The van der Waals surface area contributed by atoms with Crippen molar-refractivity contribution in [3.8, 4) is 0 Å². The second-order valence-corrected chi connectivity index (χ2v) is 6.73. The van der Waals surface area contributed by atoms with Gasteiger partial charge in [-0.2, -0.15) is 0 Å². The number of hydrogen-bond donors (Lipinski definition) is 1. The molecule has 0 aliphatic heterocycles. The number of nitrogens with zero attached hydrogens (tertiary/aromatic N) is 1. The highest BCUT2D eigenvalue weighted by Crippen LogP contribution is 2.24. The van der Waals surface area contributed by atoms with Crippen LogP contribution in [0, 0.1) is 0 Å². The molecule has 0 saturated heterocycles. The second kappa shape index (κ2) is 6.03. The van der Waals surface area contributed by atoms with Gasteiger partial charge in [-0.15, -0.1) is 11.3 Å². The van der Waals surface area contributed by atoms with Crippen molar-refractivity contribution in [3.05, 3.63) is 52.1 Å². The number of carbonyl (C=O) groups is 1. The SMILES string of the molecule is CCCn1cc(Br)cc1C(=O)Nc1ccc2sccc2c1. The topological polar surface area (TPSA) is 34.0 Å².